The lowest BCUT2D eigenvalue weighted by Gasteiger charge is -2.13. The molecule has 4 aromatic rings. The number of nitrogens with one attached hydrogen (secondary N) is 2. The van der Waals surface area contributed by atoms with Crippen LogP contribution in [0.4, 0.5) is 24.8 Å². The van der Waals surface area contributed by atoms with Gasteiger partial charge in [-0.2, -0.15) is 5.10 Å². The molecule has 0 bridgehead atoms. The Hall–Kier alpha value is -4.50. The Morgan fingerprint density at radius 1 is 1.10 bits per heavy atom. The smallest absolute Gasteiger partial charge is 0.267 e. The first kappa shape index (κ1) is 27.5. The minimum Gasteiger partial charge on any atom is -0.404 e. The lowest BCUT2D eigenvalue weighted by atomic mass is 10.1. The number of hydrogen-bond acceptors (Lipinski definition) is 10. The molecule has 0 aliphatic rings. The number of thiazole rings is 1. The normalized spacial score (nSPS) is 12.2. The third-order valence-electron chi connectivity index (χ3n) is 5.39. The lowest BCUT2D eigenvalue weighted by molar-refractivity contribution is 0.516. The van der Waals surface area contributed by atoms with Gasteiger partial charge in [0.15, 0.2) is 10.7 Å². The molecule has 15 heteroatoms. The van der Waals surface area contributed by atoms with Crippen molar-refractivity contribution in [2.75, 3.05) is 17.1 Å². The predicted octanol–water partition coefficient (Wildman–Crippen LogP) is 4.08. The van der Waals surface area contributed by atoms with E-state index in [4.69, 9.17) is 11.6 Å². The summed E-state index contributed by atoms with van der Waals surface area (Å²) in [5, 5.41) is 6.59. The first-order valence-electron chi connectivity index (χ1n) is 11.0. The molecular weight excluding hydrogens is 553 g/mol. The molecule has 0 fully saturated rings. The topological polar surface area (TPSA) is 161 Å². The number of nitrogens with zero attached hydrogens (tertiary/aromatic N) is 4. The highest BCUT2D eigenvalue weighted by Gasteiger charge is 2.28. The minimum atomic E-state index is -4.85. The number of aromatic nitrogens is 3. The number of nitrogens with two attached hydrogens (primary N) is 2. The molecule has 0 aliphatic heterocycles. The van der Waals surface area contributed by atoms with Crippen LogP contribution in [0.25, 0.3) is 27.4 Å². The van der Waals surface area contributed by atoms with Gasteiger partial charge in [-0.1, -0.05) is 12.1 Å². The van der Waals surface area contributed by atoms with Gasteiger partial charge < -0.3 is 16.9 Å². The number of halogens is 3. The minimum absolute atomic E-state index is 0.0898. The third-order valence-corrected chi connectivity index (χ3v) is 7.92. The summed E-state index contributed by atoms with van der Waals surface area (Å²) in [6.07, 6.45) is 3.97. The maximum atomic E-state index is 15.9. The van der Waals surface area contributed by atoms with Crippen molar-refractivity contribution in [1.82, 2.24) is 15.0 Å². The van der Waals surface area contributed by atoms with Crippen molar-refractivity contribution in [2.45, 2.75) is 11.8 Å². The van der Waals surface area contributed by atoms with Gasteiger partial charge in [-0.25, -0.2) is 36.5 Å². The number of sulfonamides is 1. The van der Waals surface area contributed by atoms with E-state index >= 15 is 4.39 Å². The van der Waals surface area contributed by atoms with Crippen LogP contribution in [0.1, 0.15) is 10.6 Å². The summed E-state index contributed by atoms with van der Waals surface area (Å²) in [5.41, 5.74) is 5.73. The van der Waals surface area contributed by atoms with Crippen LogP contribution in [0.15, 0.2) is 58.8 Å². The molecule has 2 heterocycles. The summed E-state index contributed by atoms with van der Waals surface area (Å²) in [6.45, 7) is 1.28. The second-order valence-corrected chi connectivity index (χ2v) is 10.5. The van der Waals surface area contributed by atoms with Gasteiger partial charge in [0.1, 0.15) is 16.6 Å². The zero-order valence-electron chi connectivity index (χ0n) is 20.4. The molecule has 0 saturated carbocycles. The van der Waals surface area contributed by atoms with Crippen LogP contribution in [-0.2, 0) is 10.0 Å². The summed E-state index contributed by atoms with van der Waals surface area (Å²) >= 11 is 1.10. The molecule has 10 nitrogen and oxygen atoms in total. The summed E-state index contributed by atoms with van der Waals surface area (Å²) in [5.74, 6) is 1.92. The molecular formula is C24H21F3N8O2S2. The molecule has 39 heavy (non-hydrogen) atoms. The maximum absolute atomic E-state index is 15.9. The Labute approximate surface area is 225 Å². The highest BCUT2D eigenvalue weighted by Crippen LogP contribution is 2.40. The Morgan fingerprint density at radius 3 is 2.56 bits per heavy atom. The number of anilines is 2. The van der Waals surface area contributed by atoms with Gasteiger partial charge in [-0.15, -0.1) is 11.3 Å². The van der Waals surface area contributed by atoms with Crippen molar-refractivity contribution < 1.29 is 21.6 Å². The first-order valence-corrected chi connectivity index (χ1v) is 13.3. The first-order chi connectivity index (χ1) is 18.6. The molecule has 6 N–H and O–H groups in total. The van der Waals surface area contributed by atoms with Crippen LogP contribution in [0.2, 0.25) is 0 Å². The summed E-state index contributed by atoms with van der Waals surface area (Å²) in [4.78, 5) is 12.1. The molecule has 0 aliphatic carbocycles. The molecule has 0 unspecified atom stereocenters. The fourth-order valence-electron chi connectivity index (χ4n) is 3.52. The number of rotatable bonds is 8. The molecule has 0 spiro atoms. The van der Waals surface area contributed by atoms with E-state index in [0.717, 1.165) is 29.5 Å². The van der Waals surface area contributed by atoms with Gasteiger partial charge in [0.2, 0.25) is 5.95 Å². The van der Waals surface area contributed by atoms with Gasteiger partial charge in [-0.3, -0.25) is 4.72 Å². The van der Waals surface area contributed by atoms with Gasteiger partial charge in [0.05, 0.1) is 28.2 Å². The molecule has 4 rings (SSSR count). The standard InChI is InChI=1S/C24H21F3N8O2S2/c1-12-6-7-15(25)22(18(12)26)39(36,37)35-16-5-3-4-14(19(16)27)20-21(17-8-9-31-24(30-2)33-17)38-23(34-20)13(10-28)11-32-29/h3-11,35H,28-29H2,1-2H3,(H,30,31,33). The van der Waals surface area contributed by atoms with Crippen LogP contribution in [0, 0.1) is 24.4 Å². The van der Waals surface area contributed by atoms with Crippen molar-refractivity contribution in [1.29, 1.82) is 0 Å². The highest BCUT2D eigenvalue weighted by atomic mass is 32.2. The zero-order valence-corrected chi connectivity index (χ0v) is 22.0. The largest absolute Gasteiger partial charge is 0.404 e. The summed E-state index contributed by atoms with van der Waals surface area (Å²) in [6, 6.07) is 7.34. The fraction of sp³-hybridized carbons (Fsp3) is 0.0833. The fourth-order valence-corrected chi connectivity index (χ4v) is 5.83. The van der Waals surface area contributed by atoms with Crippen LogP contribution < -0.4 is 21.6 Å². The van der Waals surface area contributed by atoms with E-state index in [9.17, 15) is 17.2 Å². The van der Waals surface area contributed by atoms with Gasteiger partial charge in [0, 0.05) is 30.6 Å². The average Bonchev–Trinajstić information content (AvgIpc) is 3.35. The second kappa shape index (κ2) is 11.1. The van der Waals surface area contributed by atoms with Gasteiger partial charge in [0.25, 0.3) is 10.0 Å². The zero-order chi connectivity index (χ0) is 28.3. The number of hydrazone groups is 1. The third kappa shape index (κ3) is 5.39. The van der Waals surface area contributed by atoms with E-state index in [1.165, 1.54) is 37.7 Å². The number of benzene rings is 2. The number of hydrogen-bond donors (Lipinski definition) is 4. The molecule has 0 radical (unpaired) electrons. The van der Waals surface area contributed by atoms with Crippen molar-refractivity contribution in [3.8, 4) is 21.8 Å². The van der Waals surface area contributed by atoms with Crippen molar-refractivity contribution in [2.24, 2.45) is 16.7 Å². The Kier molecular flexibility index (Phi) is 7.83. The van der Waals surface area contributed by atoms with Gasteiger partial charge in [-0.05, 0) is 36.8 Å². The monoisotopic (exact) mass is 574 g/mol. The van der Waals surface area contributed by atoms with Crippen molar-refractivity contribution in [3.05, 3.63) is 76.8 Å². The SMILES string of the molecule is CNc1nccc(-c2sc(C(C=NN)=CN)nc2-c2cccc(NS(=O)(=O)c3c(F)ccc(C)c3F)c2F)n1. The van der Waals surface area contributed by atoms with E-state index in [-0.39, 0.29) is 22.8 Å². The van der Waals surface area contributed by atoms with E-state index in [2.05, 4.69) is 25.4 Å². The molecule has 0 amide bonds. The Bertz CT molecular complexity index is 1720. The summed E-state index contributed by atoms with van der Waals surface area (Å²) in [7, 11) is -3.23. The van der Waals surface area contributed by atoms with Crippen LogP contribution in [0.5, 0.6) is 0 Å². The quantitative estimate of drug-likeness (QED) is 0.139. The lowest BCUT2D eigenvalue weighted by Crippen LogP contribution is -2.18. The maximum Gasteiger partial charge on any atom is 0.267 e. The number of allylic oxidation sites excluding steroid dienone is 1. The molecule has 0 atom stereocenters. The van der Waals surface area contributed by atoms with E-state index in [1.807, 2.05) is 4.72 Å². The second-order valence-electron chi connectivity index (χ2n) is 7.89. The van der Waals surface area contributed by atoms with Crippen molar-refractivity contribution >= 4 is 44.8 Å². The molecule has 202 valence electrons. The van der Waals surface area contributed by atoms with E-state index in [1.54, 1.807) is 13.1 Å². The van der Waals surface area contributed by atoms with Gasteiger partial charge >= 0.3 is 0 Å². The molecule has 0 saturated heterocycles. The predicted molar refractivity (Wildman–Crippen MR) is 145 cm³/mol. The molecule has 2 aromatic carbocycles. The van der Waals surface area contributed by atoms with E-state index in [0.29, 0.717) is 21.2 Å². The van der Waals surface area contributed by atoms with E-state index < -0.39 is 38.1 Å². The van der Waals surface area contributed by atoms with Crippen LogP contribution in [-0.4, -0.2) is 36.6 Å². The molecule has 2 aromatic heterocycles. The Balaban J connectivity index is 1.88. The Morgan fingerprint density at radius 2 is 1.87 bits per heavy atom. The highest BCUT2D eigenvalue weighted by molar-refractivity contribution is 7.92. The van der Waals surface area contributed by atoms with Crippen LogP contribution in [0.3, 0.4) is 0 Å². The average molecular weight is 575 g/mol. The van der Waals surface area contributed by atoms with Crippen LogP contribution >= 0.6 is 11.3 Å². The van der Waals surface area contributed by atoms with Crippen molar-refractivity contribution in [3.63, 3.8) is 0 Å². The number of aryl methyl sites for hydroxylation is 1. The summed E-state index contributed by atoms with van der Waals surface area (Å²) < 4.78 is 72.6.